The molecular weight excluding hydrogens is 350 g/mol. The molecule has 0 bridgehead atoms. The summed E-state index contributed by atoms with van der Waals surface area (Å²) in [5.74, 6) is 1.26. The Labute approximate surface area is 157 Å². The Morgan fingerprint density at radius 3 is 2.56 bits per heavy atom. The molecule has 1 heterocycles. The molecule has 1 N–H and O–H groups in total. The molecule has 1 aliphatic heterocycles. The van der Waals surface area contributed by atoms with Crippen molar-refractivity contribution in [2.75, 3.05) is 25.3 Å². The van der Waals surface area contributed by atoms with Crippen LogP contribution in [0.1, 0.15) is 24.2 Å². The molecule has 1 amide bonds. The van der Waals surface area contributed by atoms with Crippen LogP contribution in [0.5, 0.6) is 17.2 Å². The number of rotatable bonds is 7. The first-order chi connectivity index (χ1) is 13.0. The minimum Gasteiger partial charge on any atom is -0.493 e. The van der Waals surface area contributed by atoms with Gasteiger partial charge in [0.05, 0.1) is 12.2 Å². The molecule has 0 saturated heterocycles. The quantitative estimate of drug-likeness (QED) is 0.753. The number of ether oxygens (including phenoxy) is 4. The van der Waals surface area contributed by atoms with Gasteiger partial charge in [-0.2, -0.15) is 0 Å². The van der Waals surface area contributed by atoms with Crippen LogP contribution in [0.15, 0.2) is 42.5 Å². The number of fused-ring (bicyclic) bond motifs is 1. The first-order valence-corrected chi connectivity index (χ1v) is 8.61. The summed E-state index contributed by atoms with van der Waals surface area (Å²) in [4.78, 5) is 24.0. The zero-order valence-electron chi connectivity index (χ0n) is 15.2. The van der Waals surface area contributed by atoms with Crippen LogP contribution in [-0.4, -0.2) is 31.9 Å². The van der Waals surface area contributed by atoms with Gasteiger partial charge in [-0.3, -0.25) is 4.79 Å². The molecule has 27 heavy (non-hydrogen) atoms. The number of carbonyl (C=O) groups is 2. The maximum atomic E-state index is 12.1. The monoisotopic (exact) mass is 371 g/mol. The second kappa shape index (κ2) is 8.44. The molecule has 0 radical (unpaired) electrons. The number of anilines is 1. The van der Waals surface area contributed by atoms with Crippen LogP contribution in [0.4, 0.5) is 5.69 Å². The van der Waals surface area contributed by atoms with E-state index >= 15 is 0 Å². The molecule has 142 valence electrons. The third kappa shape index (κ3) is 5.13. The summed E-state index contributed by atoms with van der Waals surface area (Å²) in [6, 6.07) is 11.6. The van der Waals surface area contributed by atoms with Crippen molar-refractivity contribution in [2.24, 2.45) is 5.92 Å². The van der Waals surface area contributed by atoms with E-state index in [1.54, 1.807) is 42.5 Å². The fourth-order valence-electron chi connectivity index (χ4n) is 2.34. The molecule has 0 unspecified atom stereocenters. The second-order valence-corrected chi connectivity index (χ2v) is 6.42. The predicted octanol–water partition coefficient (Wildman–Crippen LogP) is 3.25. The van der Waals surface area contributed by atoms with Crippen molar-refractivity contribution < 1.29 is 28.5 Å². The van der Waals surface area contributed by atoms with Gasteiger partial charge in [-0.1, -0.05) is 13.8 Å². The zero-order chi connectivity index (χ0) is 19.2. The molecule has 0 atom stereocenters. The summed E-state index contributed by atoms with van der Waals surface area (Å²) >= 11 is 0. The Morgan fingerprint density at radius 2 is 1.81 bits per heavy atom. The molecule has 0 aromatic heterocycles. The van der Waals surface area contributed by atoms with E-state index in [0.717, 1.165) is 0 Å². The number of amides is 1. The third-order valence-corrected chi connectivity index (χ3v) is 3.66. The van der Waals surface area contributed by atoms with E-state index in [-0.39, 0.29) is 6.79 Å². The van der Waals surface area contributed by atoms with Gasteiger partial charge < -0.3 is 24.3 Å². The lowest BCUT2D eigenvalue weighted by molar-refractivity contribution is -0.119. The summed E-state index contributed by atoms with van der Waals surface area (Å²) in [6.07, 6.45) is 0. The Morgan fingerprint density at radius 1 is 1.07 bits per heavy atom. The van der Waals surface area contributed by atoms with Gasteiger partial charge in [0.1, 0.15) is 5.75 Å². The molecule has 2 aromatic rings. The lowest BCUT2D eigenvalue weighted by atomic mass is 10.2. The van der Waals surface area contributed by atoms with Gasteiger partial charge >= 0.3 is 5.97 Å². The van der Waals surface area contributed by atoms with Crippen molar-refractivity contribution in [1.29, 1.82) is 0 Å². The van der Waals surface area contributed by atoms with Crippen molar-refractivity contribution in [3.8, 4) is 17.2 Å². The summed E-state index contributed by atoms with van der Waals surface area (Å²) in [7, 11) is 0. The molecule has 0 fully saturated rings. The van der Waals surface area contributed by atoms with E-state index in [2.05, 4.69) is 19.2 Å². The van der Waals surface area contributed by atoms with E-state index in [1.807, 2.05) is 0 Å². The van der Waals surface area contributed by atoms with Gasteiger partial charge in [-0.15, -0.1) is 0 Å². The summed E-state index contributed by atoms with van der Waals surface area (Å²) < 4.78 is 21.1. The van der Waals surface area contributed by atoms with Crippen LogP contribution >= 0.6 is 0 Å². The number of nitrogens with one attached hydrogen (secondary N) is 1. The van der Waals surface area contributed by atoms with Crippen LogP contribution in [0.2, 0.25) is 0 Å². The number of esters is 1. The topological polar surface area (TPSA) is 83.1 Å². The molecule has 7 nitrogen and oxygen atoms in total. The fraction of sp³-hybridized carbons (Fsp3) is 0.300. The van der Waals surface area contributed by atoms with Gasteiger partial charge in [0.2, 0.25) is 6.79 Å². The SMILES string of the molecule is CC(C)COc1ccc(C(=O)OCC(=O)Nc2ccc3c(c2)OCO3)cc1. The van der Waals surface area contributed by atoms with Gasteiger partial charge in [-0.25, -0.2) is 4.79 Å². The Bertz CT molecular complexity index is 816. The van der Waals surface area contributed by atoms with Crippen LogP contribution in [0.3, 0.4) is 0 Å². The Hall–Kier alpha value is -3.22. The van der Waals surface area contributed by atoms with Crippen molar-refractivity contribution in [2.45, 2.75) is 13.8 Å². The maximum Gasteiger partial charge on any atom is 0.338 e. The van der Waals surface area contributed by atoms with Crippen LogP contribution in [0, 0.1) is 5.92 Å². The van der Waals surface area contributed by atoms with Gasteiger partial charge in [0, 0.05) is 11.8 Å². The number of hydrogen-bond acceptors (Lipinski definition) is 6. The van der Waals surface area contributed by atoms with Crippen molar-refractivity contribution >= 4 is 17.6 Å². The molecular formula is C20H21NO6. The van der Waals surface area contributed by atoms with Crippen LogP contribution in [0.25, 0.3) is 0 Å². The van der Waals surface area contributed by atoms with Crippen LogP contribution < -0.4 is 19.5 Å². The first kappa shape index (κ1) is 18.6. The molecule has 1 aliphatic rings. The summed E-state index contributed by atoms with van der Waals surface area (Å²) in [5, 5.41) is 2.64. The first-order valence-electron chi connectivity index (χ1n) is 8.61. The third-order valence-electron chi connectivity index (χ3n) is 3.66. The summed E-state index contributed by atoms with van der Waals surface area (Å²) in [6.45, 7) is 4.48. The minimum absolute atomic E-state index is 0.158. The molecule has 0 aliphatic carbocycles. The van der Waals surface area contributed by atoms with Crippen LogP contribution in [-0.2, 0) is 9.53 Å². The van der Waals surface area contributed by atoms with E-state index in [0.29, 0.717) is 41.0 Å². The predicted molar refractivity (Wildman–Crippen MR) is 98.3 cm³/mol. The minimum atomic E-state index is -0.578. The number of benzene rings is 2. The van der Waals surface area contributed by atoms with Crippen molar-refractivity contribution in [1.82, 2.24) is 0 Å². The fourth-order valence-corrected chi connectivity index (χ4v) is 2.34. The molecule has 2 aromatic carbocycles. The van der Waals surface area contributed by atoms with E-state index in [9.17, 15) is 9.59 Å². The lowest BCUT2D eigenvalue weighted by Gasteiger charge is -2.09. The Balaban J connectivity index is 1.47. The molecule has 0 saturated carbocycles. The molecule has 7 heteroatoms. The highest BCUT2D eigenvalue weighted by atomic mass is 16.7. The van der Waals surface area contributed by atoms with Crippen molar-refractivity contribution in [3.63, 3.8) is 0 Å². The van der Waals surface area contributed by atoms with E-state index < -0.39 is 18.5 Å². The Kier molecular flexibility index (Phi) is 5.80. The van der Waals surface area contributed by atoms with E-state index in [1.165, 1.54) is 0 Å². The normalized spacial score (nSPS) is 12.0. The average Bonchev–Trinajstić information content (AvgIpc) is 3.12. The number of hydrogen-bond donors (Lipinski definition) is 1. The summed E-state index contributed by atoms with van der Waals surface area (Å²) in [5.41, 5.74) is 0.884. The highest BCUT2D eigenvalue weighted by Gasteiger charge is 2.15. The maximum absolute atomic E-state index is 12.1. The van der Waals surface area contributed by atoms with Gasteiger partial charge in [0.25, 0.3) is 5.91 Å². The lowest BCUT2D eigenvalue weighted by Crippen LogP contribution is -2.20. The standard InChI is InChI=1S/C20H21NO6/c1-13(2)10-24-16-6-3-14(4-7-16)20(23)25-11-19(22)21-15-5-8-17-18(9-15)27-12-26-17/h3-9,13H,10-12H2,1-2H3,(H,21,22). The van der Waals surface area contributed by atoms with Gasteiger partial charge in [0.15, 0.2) is 18.1 Å². The smallest absolute Gasteiger partial charge is 0.338 e. The molecule has 0 spiro atoms. The largest absolute Gasteiger partial charge is 0.493 e. The highest BCUT2D eigenvalue weighted by molar-refractivity contribution is 5.95. The zero-order valence-corrected chi connectivity index (χ0v) is 15.2. The van der Waals surface area contributed by atoms with Crippen molar-refractivity contribution in [3.05, 3.63) is 48.0 Å². The van der Waals surface area contributed by atoms with Gasteiger partial charge in [-0.05, 0) is 42.3 Å². The molecule has 3 rings (SSSR count). The van der Waals surface area contributed by atoms with E-state index in [4.69, 9.17) is 18.9 Å². The average molecular weight is 371 g/mol. The second-order valence-electron chi connectivity index (χ2n) is 6.42. The number of carbonyl (C=O) groups excluding carboxylic acids is 2. The highest BCUT2D eigenvalue weighted by Crippen LogP contribution is 2.34.